The fourth-order valence-corrected chi connectivity index (χ4v) is 3.66. The molecular weight excluding hydrogens is 250 g/mol. The highest BCUT2D eigenvalue weighted by atomic mass is 31.1. The molecule has 5 nitrogen and oxygen atoms in total. The second-order valence-electron chi connectivity index (χ2n) is 3.18. The Morgan fingerprint density at radius 3 is 1.25 bits per heavy atom. The Morgan fingerprint density at radius 2 is 1.06 bits per heavy atom. The number of rotatable bonds is 9. The largest absolute Gasteiger partial charge is 0.396 e. The molecule has 0 aliphatic heterocycles. The van der Waals surface area contributed by atoms with Gasteiger partial charge in [0.2, 0.25) is 0 Å². The van der Waals surface area contributed by atoms with Gasteiger partial charge in [-0.1, -0.05) is 0 Å². The molecule has 0 saturated carbocycles. The van der Waals surface area contributed by atoms with Crippen LogP contribution >= 0.6 is 16.6 Å². The van der Waals surface area contributed by atoms with E-state index in [1.165, 1.54) is 0 Å². The van der Waals surface area contributed by atoms with E-state index in [-0.39, 0.29) is 27.7 Å². The molecule has 7 heteroatoms. The predicted molar refractivity (Wildman–Crippen MR) is 69.2 cm³/mol. The maximum atomic E-state index is 8.68. The van der Waals surface area contributed by atoms with E-state index in [1.54, 1.807) is 0 Å². The second-order valence-corrected chi connectivity index (χ2v) is 6.07. The van der Waals surface area contributed by atoms with Gasteiger partial charge in [-0.15, -0.1) is 7.92 Å². The first-order valence-electron chi connectivity index (χ1n) is 5.39. The Balaban J connectivity index is 0. The lowest BCUT2D eigenvalue weighted by molar-refractivity contribution is 0.292. The standard InChI is InChI=1S/C9H21O3P.H3O2P/c10-4-1-7-13(8-2-5-11)9-3-6-12;1-3-2/h10-12H,1-9H2;3H2,(H,1,2). The monoisotopic (exact) mass is 274 g/mol. The van der Waals surface area contributed by atoms with E-state index in [0.29, 0.717) is 0 Å². The van der Waals surface area contributed by atoms with Crippen molar-refractivity contribution in [3.05, 3.63) is 0 Å². The summed E-state index contributed by atoms with van der Waals surface area (Å²) >= 11 is 0. The van der Waals surface area contributed by atoms with Crippen LogP contribution in [0.1, 0.15) is 19.3 Å². The van der Waals surface area contributed by atoms with Crippen LogP contribution in [0.2, 0.25) is 0 Å². The minimum atomic E-state index is -1.50. The molecule has 0 spiro atoms. The van der Waals surface area contributed by atoms with Crippen LogP contribution in [0.5, 0.6) is 0 Å². The summed E-state index contributed by atoms with van der Waals surface area (Å²) in [5.41, 5.74) is 0. The molecule has 0 aliphatic carbocycles. The van der Waals surface area contributed by atoms with Crippen molar-refractivity contribution in [3.8, 4) is 0 Å². The highest BCUT2D eigenvalue weighted by molar-refractivity contribution is 7.57. The Kier molecular flexibility index (Phi) is 21.1. The van der Waals surface area contributed by atoms with Gasteiger partial charge in [0.05, 0.1) is 0 Å². The summed E-state index contributed by atoms with van der Waals surface area (Å²) in [5.74, 6) is 0. The summed E-state index contributed by atoms with van der Waals surface area (Å²) in [5, 5.41) is 26.0. The highest BCUT2D eigenvalue weighted by Crippen LogP contribution is 2.37. The minimum Gasteiger partial charge on any atom is -0.396 e. The Morgan fingerprint density at radius 1 is 0.812 bits per heavy atom. The second kappa shape index (κ2) is 17.9. The highest BCUT2D eigenvalue weighted by Gasteiger charge is 2.06. The maximum Gasteiger partial charge on any atom is 0.177 e. The zero-order valence-corrected chi connectivity index (χ0v) is 11.6. The summed E-state index contributed by atoms with van der Waals surface area (Å²) in [7, 11) is -1.56. The molecule has 0 radical (unpaired) electrons. The molecule has 1 unspecified atom stereocenters. The Bertz CT molecular complexity index is 118. The number of hydrogen-bond acceptors (Lipinski definition) is 4. The molecule has 0 aliphatic rings. The van der Waals surface area contributed by atoms with Crippen LogP contribution in [0.25, 0.3) is 0 Å². The van der Waals surface area contributed by atoms with E-state index in [0.717, 1.165) is 37.7 Å². The van der Waals surface area contributed by atoms with Crippen molar-refractivity contribution in [2.75, 3.05) is 38.3 Å². The van der Waals surface area contributed by atoms with Crippen molar-refractivity contribution in [1.82, 2.24) is 0 Å². The summed E-state index contributed by atoms with van der Waals surface area (Å²) in [6.07, 6.45) is 5.82. The molecule has 0 bridgehead atoms. The van der Waals surface area contributed by atoms with Gasteiger partial charge < -0.3 is 20.2 Å². The van der Waals surface area contributed by atoms with Gasteiger partial charge in [-0.05, 0) is 37.7 Å². The third-order valence-electron chi connectivity index (χ3n) is 1.90. The lowest BCUT2D eigenvalue weighted by Crippen LogP contribution is -2.00. The first-order valence-corrected chi connectivity index (χ1v) is 8.28. The van der Waals surface area contributed by atoms with Crippen LogP contribution in [0.15, 0.2) is 0 Å². The van der Waals surface area contributed by atoms with Crippen molar-refractivity contribution in [2.45, 2.75) is 19.3 Å². The molecule has 1 atom stereocenters. The first kappa shape index (κ1) is 18.9. The lowest BCUT2D eigenvalue weighted by atomic mass is 10.5. The van der Waals surface area contributed by atoms with Crippen molar-refractivity contribution >= 4 is 16.6 Å². The van der Waals surface area contributed by atoms with E-state index >= 15 is 0 Å². The molecule has 0 aromatic rings. The summed E-state index contributed by atoms with van der Waals surface area (Å²) in [4.78, 5) is 7.10. The van der Waals surface area contributed by atoms with Gasteiger partial charge in [0.25, 0.3) is 0 Å². The van der Waals surface area contributed by atoms with Gasteiger partial charge >= 0.3 is 0 Å². The van der Waals surface area contributed by atoms with Crippen LogP contribution in [0.4, 0.5) is 0 Å². The Labute approximate surface area is 99.5 Å². The zero-order chi connectivity index (χ0) is 12.6. The molecule has 16 heavy (non-hydrogen) atoms. The van der Waals surface area contributed by atoms with Gasteiger partial charge in [-0.3, -0.25) is 4.57 Å². The molecular formula is C9H24O5P2. The van der Waals surface area contributed by atoms with E-state index < -0.39 is 8.69 Å². The van der Waals surface area contributed by atoms with Crippen molar-refractivity contribution in [3.63, 3.8) is 0 Å². The number of aliphatic hydroxyl groups is 3. The minimum absolute atomic E-state index is 0.0583. The maximum absolute atomic E-state index is 8.68. The Hall–Kier alpha value is 0.500. The van der Waals surface area contributed by atoms with Crippen molar-refractivity contribution < 1.29 is 24.8 Å². The zero-order valence-electron chi connectivity index (χ0n) is 9.59. The lowest BCUT2D eigenvalue weighted by Gasteiger charge is -2.15. The molecule has 0 saturated heterocycles. The molecule has 0 aromatic heterocycles. The molecule has 0 fully saturated rings. The van der Waals surface area contributed by atoms with E-state index in [1.807, 2.05) is 0 Å². The third kappa shape index (κ3) is 16.9. The topological polar surface area (TPSA) is 98.0 Å². The van der Waals surface area contributed by atoms with Gasteiger partial charge in [0, 0.05) is 19.8 Å². The third-order valence-corrected chi connectivity index (χ3v) is 4.74. The molecule has 0 amide bonds. The predicted octanol–water partition coefficient (Wildman–Crippen LogP) is 0.265. The van der Waals surface area contributed by atoms with Crippen LogP contribution in [0.3, 0.4) is 0 Å². The molecule has 0 heterocycles. The summed E-state index contributed by atoms with van der Waals surface area (Å²) < 4.78 is 8.57. The van der Waals surface area contributed by atoms with Crippen molar-refractivity contribution in [2.24, 2.45) is 0 Å². The number of hydrogen-bond donors (Lipinski definition) is 4. The van der Waals surface area contributed by atoms with Crippen LogP contribution < -0.4 is 0 Å². The first-order chi connectivity index (χ1) is 7.76. The number of aliphatic hydroxyl groups excluding tert-OH is 3. The van der Waals surface area contributed by atoms with E-state index in [4.69, 9.17) is 24.8 Å². The molecule has 0 rings (SSSR count). The summed E-state index contributed by atoms with van der Waals surface area (Å²) in [6, 6.07) is 0. The summed E-state index contributed by atoms with van der Waals surface area (Å²) in [6.45, 7) is 0.783. The van der Waals surface area contributed by atoms with Gasteiger partial charge in [0.1, 0.15) is 0 Å². The van der Waals surface area contributed by atoms with E-state index in [9.17, 15) is 0 Å². The fraction of sp³-hybridized carbons (Fsp3) is 1.00. The molecule has 0 aromatic carbocycles. The molecule has 100 valence electrons. The average molecular weight is 274 g/mol. The fourth-order valence-electron chi connectivity index (χ4n) is 1.22. The van der Waals surface area contributed by atoms with Crippen LogP contribution in [-0.2, 0) is 4.57 Å². The smallest absolute Gasteiger partial charge is 0.177 e. The van der Waals surface area contributed by atoms with Crippen LogP contribution in [-0.4, -0.2) is 58.5 Å². The molecule has 4 N–H and O–H groups in total. The normalized spacial score (nSPS) is 10.8. The quantitative estimate of drug-likeness (QED) is 0.452. The van der Waals surface area contributed by atoms with Gasteiger partial charge in [-0.25, -0.2) is 0 Å². The van der Waals surface area contributed by atoms with Crippen molar-refractivity contribution in [1.29, 1.82) is 0 Å². The SMILES string of the molecule is O=[PH2]O.OCCCP(CCCO)CCCO. The van der Waals surface area contributed by atoms with Gasteiger partial charge in [-0.2, -0.15) is 0 Å². The average Bonchev–Trinajstić information content (AvgIpc) is 2.29. The van der Waals surface area contributed by atoms with Crippen LogP contribution in [0, 0.1) is 0 Å². The van der Waals surface area contributed by atoms with Gasteiger partial charge in [0.15, 0.2) is 8.69 Å². The van der Waals surface area contributed by atoms with E-state index in [2.05, 4.69) is 0 Å².